The Morgan fingerprint density at radius 3 is 3.00 bits per heavy atom. The van der Waals surface area contributed by atoms with Gasteiger partial charge in [0.2, 0.25) is 11.8 Å². The van der Waals surface area contributed by atoms with Crippen molar-refractivity contribution >= 4 is 23.2 Å². The highest BCUT2D eigenvalue weighted by Gasteiger charge is 2.46. The number of amides is 2. The van der Waals surface area contributed by atoms with Gasteiger partial charge >= 0.3 is 0 Å². The van der Waals surface area contributed by atoms with E-state index < -0.39 is 0 Å². The summed E-state index contributed by atoms with van der Waals surface area (Å²) in [5.41, 5.74) is 0.728. The van der Waals surface area contributed by atoms with Crippen LogP contribution in [0.4, 0.5) is 0 Å². The third kappa shape index (κ3) is 3.43. The maximum atomic E-state index is 12.7. The van der Waals surface area contributed by atoms with Crippen molar-refractivity contribution in [1.29, 1.82) is 0 Å². The standard InChI is InChI=1S/C17H24N2O3S/c1-2-6-19-15(20)3-7-18(12-17(19)5-8-22-13-17)16(21)10-14-4-9-23-11-14/h4,9,11H,2-3,5-8,10,12-13H2,1H3. The van der Waals surface area contributed by atoms with E-state index in [9.17, 15) is 9.59 Å². The number of nitrogens with zero attached hydrogens (tertiary/aromatic N) is 2. The molecule has 2 fully saturated rings. The van der Waals surface area contributed by atoms with E-state index in [1.54, 1.807) is 11.3 Å². The van der Waals surface area contributed by atoms with E-state index in [1.807, 2.05) is 26.6 Å². The molecular weight excluding hydrogens is 312 g/mol. The fourth-order valence-electron chi connectivity index (χ4n) is 3.56. The fourth-order valence-corrected chi connectivity index (χ4v) is 4.23. The zero-order valence-corrected chi connectivity index (χ0v) is 14.4. The Morgan fingerprint density at radius 2 is 2.35 bits per heavy atom. The minimum atomic E-state index is -0.325. The molecule has 1 aromatic heterocycles. The molecule has 0 N–H and O–H groups in total. The highest BCUT2D eigenvalue weighted by Crippen LogP contribution is 2.31. The van der Waals surface area contributed by atoms with Gasteiger partial charge in [-0.1, -0.05) is 6.92 Å². The van der Waals surface area contributed by atoms with Gasteiger partial charge in [0.05, 0.1) is 18.6 Å². The minimum Gasteiger partial charge on any atom is -0.379 e. The van der Waals surface area contributed by atoms with Crippen LogP contribution in [0.5, 0.6) is 0 Å². The van der Waals surface area contributed by atoms with Gasteiger partial charge in [-0.2, -0.15) is 11.3 Å². The van der Waals surface area contributed by atoms with Crippen molar-refractivity contribution in [2.24, 2.45) is 0 Å². The number of thiophene rings is 1. The molecule has 0 bridgehead atoms. The molecule has 2 aliphatic rings. The van der Waals surface area contributed by atoms with Crippen molar-refractivity contribution < 1.29 is 14.3 Å². The Balaban J connectivity index is 1.78. The molecule has 5 nitrogen and oxygen atoms in total. The molecule has 1 unspecified atom stereocenters. The third-order valence-corrected chi connectivity index (χ3v) is 5.50. The first kappa shape index (κ1) is 16.5. The monoisotopic (exact) mass is 336 g/mol. The van der Waals surface area contributed by atoms with Crippen molar-refractivity contribution in [1.82, 2.24) is 9.80 Å². The fraction of sp³-hybridized carbons (Fsp3) is 0.647. The zero-order valence-electron chi connectivity index (χ0n) is 13.6. The van der Waals surface area contributed by atoms with E-state index in [4.69, 9.17) is 4.74 Å². The summed E-state index contributed by atoms with van der Waals surface area (Å²) in [5.74, 6) is 0.268. The Bertz CT molecular complexity index is 552. The van der Waals surface area contributed by atoms with Crippen LogP contribution >= 0.6 is 11.3 Å². The van der Waals surface area contributed by atoms with Gasteiger partial charge in [-0.3, -0.25) is 9.59 Å². The first-order valence-electron chi connectivity index (χ1n) is 8.32. The molecular formula is C17H24N2O3S. The lowest BCUT2D eigenvalue weighted by atomic mass is 9.95. The maximum Gasteiger partial charge on any atom is 0.227 e. The summed E-state index contributed by atoms with van der Waals surface area (Å²) in [7, 11) is 0. The number of hydrogen-bond donors (Lipinski definition) is 0. The molecule has 0 saturated carbocycles. The predicted octanol–water partition coefficient (Wildman–Crippen LogP) is 1.92. The second-order valence-corrected chi connectivity index (χ2v) is 7.23. The lowest BCUT2D eigenvalue weighted by Gasteiger charge is -2.40. The van der Waals surface area contributed by atoms with Gasteiger partial charge in [-0.25, -0.2) is 0 Å². The highest BCUT2D eigenvalue weighted by atomic mass is 32.1. The van der Waals surface area contributed by atoms with E-state index >= 15 is 0 Å². The second-order valence-electron chi connectivity index (χ2n) is 6.45. The van der Waals surface area contributed by atoms with Crippen LogP contribution in [0.1, 0.15) is 31.7 Å². The SMILES string of the molecule is CCCN1C(=O)CCN(C(=O)Cc2ccsc2)CC12CCOC2. The number of ether oxygens (including phenoxy) is 1. The van der Waals surface area contributed by atoms with E-state index in [-0.39, 0.29) is 17.4 Å². The molecule has 0 aliphatic carbocycles. The molecule has 1 aromatic rings. The average molecular weight is 336 g/mol. The van der Waals surface area contributed by atoms with Crippen LogP contribution in [-0.4, -0.2) is 60.0 Å². The lowest BCUT2D eigenvalue weighted by Crippen LogP contribution is -2.57. The number of carbonyl (C=O) groups is 2. The van der Waals surface area contributed by atoms with Crippen LogP contribution in [0.25, 0.3) is 0 Å². The molecule has 23 heavy (non-hydrogen) atoms. The van der Waals surface area contributed by atoms with Crippen molar-refractivity contribution in [3.63, 3.8) is 0 Å². The molecule has 2 amide bonds. The van der Waals surface area contributed by atoms with Gasteiger partial charge in [0.1, 0.15) is 0 Å². The summed E-state index contributed by atoms with van der Waals surface area (Å²) < 4.78 is 5.62. The van der Waals surface area contributed by atoms with E-state index in [2.05, 4.69) is 6.92 Å². The lowest BCUT2D eigenvalue weighted by molar-refractivity contribution is -0.137. The molecule has 2 saturated heterocycles. The molecule has 126 valence electrons. The molecule has 1 spiro atoms. The Morgan fingerprint density at radius 1 is 1.48 bits per heavy atom. The maximum absolute atomic E-state index is 12.7. The largest absolute Gasteiger partial charge is 0.379 e. The molecule has 3 rings (SSSR count). The van der Waals surface area contributed by atoms with Gasteiger partial charge in [0.15, 0.2) is 0 Å². The molecule has 2 aliphatic heterocycles. The Labute approximate surface area is 141 Å². The van der Waals surface area contributed by atoms with Crippen LogP contribution in [0, 0.1) is 0 Å². The first-order chi connectivity index (χ1) is 11.1. The predicted molar refractivity (Wildman–Crippen MR) is 89.4 cm³/mol. The topological polar surface area (TPSA) is 49.9 Å². The van der Waals surface area contributed by atoms with Crippen molar-refractivity contribution in [2.45, 2.75) is 38.1 Å². The zero-order chi connectivity index (χ0) is 16.3. The second kappa shape index (κ2) is 7.01. The summed E-state index contributed by atoms with van der Waals surface area (Å²) >= 11 is 1.61. The van der Waals surface area contributed by atoms with Crippen molar-refractivity contribution in [3.05, 3.63) is 22.4 Å². The van der Waals surface area contributed by atoms with Gasteiger partial charge < -0.3 is 14.5 Å². The summed E-state index contributed by atoms with van der Waals surface area (Å²) in [6.45, 7) is 5.16. The Kier molecular flexibility index (Phi) is 5.02. The first-order valence-corrected chi connectivity index (χ1v) is 9.26. The molecule has 1 atom stereocenters. The van der Waals surface area contributed by atoms with E-state index in [0.717, 1.165) is 24.9 Å². The Hall–Kier alpha value is -1.40. The number of rotatable bonds is 4. The van der Waals surface area contributed by atoms with Crippen LogP contribution in [0.2, 0.25) is 0 Å². The number of carbonyl (C=O) groups excluding carboxylic acids is 2. The van der Waals surface area contributed by atoms with E-state index in [0.29, 0.717) is 39.1 Å². The average Bonchev–Trinajstić information content (AvgIpc) is 3.18. The summed E-state index contributed by atoms with van der Waals surface area (Å²) in [6, 6.07) is 1.99. The molecule has 0 radical (unpaired) electrons. The van der Waals surface area contributed by atoms with Crippen molar-refractivity contribution in [3.8, 4) is 0 Å². The smallest absolute Gasteiger partial charge is 0.227 e. The highest BCUT2D eigenvalue weighted by molar-refractivity contribution is 7.08. The minimum absolute atomic E-state index is 0.112. The molecule has 6 heteroatoms. The normalized spacial score (nSPS) is 25.2. The van der Waals surface area contributed by atoms with Gasteiger partial charge in [0.25, 0.3) is 0 Å². The number of hydrogen-bond acceptors (Lipinski definition) is 4. The van der Waals surface area contributed by atoms with Gasteiger partial charge in [-0.15, -0.1) is 0 Å². The van der Waals surface area contributed by atoms with Gasteiger partial charge in [0, 0.05) is 32.7 Å². The summed E-state index contributed by atoms with van der Waals surface area (Å²) in [6.07, 6.45) is 2.58. The van der Waals surface area contributed by atoms with E-state index in [1.165, 1.54) is 0 Å². The quantitative estimate of drug-likeness (QED) is 0.844. The summed E-state index contributed by atoms with van der Waals surface area (Å²) in [4.78, 5) is 29.1. The van der Waals surface area contributed by atoms with Crippen LogP contribution in [0.15, 0.2) is 16.8 Å². The molecule has 0 aromatic carbocycles. The van der Waals surface area contributed by atoms with Crippen LogP contribution < -0.4 is 0 Å². The van der Waals surface area contributed by atoms with Gasteiger partial charge in [-0.05, 0) is 35.2 Å². The van der Waals surface area contributed by atoms with Crippen molar-refractivity contribution in [2.75, 3.05) is 32.8 Å². The van der Waals surface area contributed by atoms with Crippen LogP contribution in [0.3, 0.4) is 0 Å². The molecule has 3 heterocycles. The summed E-state index contributed by atoms with van der Waals surface area (Å²) in [5, 5.41) is 4.00. The van der Waals surface area contributed by atoms with Crippen LogP contribution in [-0.2, 0) is 20.7 Å². The third-order valence-electron chi connectivity index (χ3n) is 4.77.